The first kappa shape index (κ1) is 12.6. The molecule has 2 rings (SSSR count). The zero-order chi connectivity index (χ0) is 13.0. The van der Waals surface area contributed by atoms with Crippen molar-refractivity contribution in [2.45, 2.75) is 12.8 Å². The second-order valence-corrected chi connectivity index (χ2v) is 4.37. The number of hydrogen-bond acceptors (Lipinski definition) is 4. The number of nitrogens with zero attached hydrogens (tertiary/aromatic N) is 3. The second kappa shape index (κ2) is 5.65. The monoisotopic (exact) mass is 248 g/mol. The highest BCUT2D eigenvalue weighted by molar-refractivity contribution is 6.39. The zero-order valence-corrected chi connectivity index (χ0v) is 10.2. The molecule has 0 spiro atoms. The molecule has 0 aromatic carbocycles. The third-order valence-corrected chi connectivity index (χ3v) is 3.13. The molecule has 6 nitrogen and oxygen atoms in total. The molecule has 1 fully saturated rings. The summed E-state index contributed by atoms with van der Waals surface area (Å²) in [5.74, 6) is 2.39. The van der Waals surface area contributed by atoms with Gasteiger partial charge in [0, 0.05) is 39.0 Å². The molecule has 0 aromatic rings. The van der Waals surface area contributed by atoms with Crippen LogP contribution >= 0.6 is 0 Å². The van der Waals surface area contributed by atoms with Crippen LogP contribution in [0.5, 0.6) is 0 Å². The fraction of sp³-hybridized carbons (Fsp3) is 0.583. The van der Waals surface area contributed by atoms with E-state index in [0.717, 1.165) is 13.1 Å². The SMILES string of the molecule is C#CCN1CCN(C(=O)C2=NNC(=O)CC2)CC1. The second-order valence-electron chi connectivity index (χ2n) is 4.37. The number of carbonyl (C=O) groups is 2. The predicted octanol–water partition coefficient (Wildman–Crippen LogP) is -0.970. The molecule has 2 aliphatic rings. The van der Waals surface area contributed by atoms with Crippen molar-refractivity contribution < 1.29 is 9.59 Å². The third-order valence-electron chi connectivity index (χ3n) is 3.13. The average Bonchev–Trinajstić information content (AvgIpc) is 2.40. The van der Waals surface area contributed by atoms with Crippen LogP contribution in [0.15, 0.2) is 5.10 Å². The smallest absolute Gasteiger partial charge is 0.270 e. The van der Waals surface area contributed by atoms with E-state index in [1.807, 2.05) is 0 Å². The van der Waals surface area contributed by atoms with E-state index in [0.29, 0.717) is 38.2 Å². The molecular weight excluding hydrogens is 232 g/mol. The summed E-state index contributed by atoms with van der Waals surface area (Å²) >= 11 is 0. The molecule has 0 atom stereocenters. The Labute approximate surface area is 106 Å². The summed E-state index contributed by atoms with van der Waals surface area (Å²) in [6.07, 6.45) is 6.01. The fourth-order valence-electron chi connectivity index (χ4n) is 2.05. The molecule has 2 heterocycles. The van der Waals surface area contributed by atoms with Crippen LogP contribution in [0.2, 0.25) is 0 Å². The van der Waals surface area contributed by atoms with Gasteiger partial charge in [-0.15, -0.1) is 6.42 Å². The molecule has 0 unspecified atom stereocenters. The quantitative estimate of drug-likeness (QED) is 0.639. The van der Waals surface area contributed by atoms with E-state index < -0.39 is 0 Å². The van der Waals surface area contributed by atoms with E-state index in [1.165, 1.54) is 0 Å². The highest BCUT2D eigenvalue weighted by Crippen LogP contribution is 2.07. The van der Waals surface area contributed by atoms with Crippen molar-refractivity contribution in [3.8, 4) is 12.3 Å². The minimum absolute atomic E-state index is 0.0737. The summed E-state index contributed by atoms with van der Waals surface area (Å²) in [5, 5.41) is 3.82. The number of carbonyl (C=O) groups excluding carboxylic acids is 2. The first-order valence-corrected chi connectivity index (χ1v) is 6.01. The lowest BCUT2D eigenvalue weighted by Gasteiger charge is -2.34. The van der Waals surface area contributed by atoms with Crippen LogP contribution in [0.1, 0.15) is 12.8 Å². The van der Waals surface area contributed by atoms with Crippen LogP contribution in [-0.2, 0) is 9.59 Å². The third kappa shape index (κ3) is 2.87. The Bertz CT molecular complexity index is 416. The van der Waals surface area contributed by atoms with E-state index in [4.69, 9.17) is 6.42 Å². The zero-order valence-electron chi connectivity index (χ0n) is 10.2. The minimum Gasteiger partial charge on any atom is -0.335 e. The molecule has 6 heteroatoms. The molecule has 18 heavy (non-hydrogen) atoms. The summed E-state index contributed by atoms with van der Waals surface area (Å²) in [6.45, 7) is 3.52. The van der Waals surface area contributed by atoms with Crippen molar-refractivity contribution in [1.82, 2.24) is 15.2 Å². The van der Waals surface area contributed by atoms with Gasteiger partial charge in [0.2, 0.25) is 5.91 Å². The number of piperazine rings is 1. The lowest BCUT2D eigenvalue weighted by atomic mass is 10.1. The summed E-state index contributed by atoms with van der Waals surface area (Å²) in [5.41, 5.74) is 2.79. The molecule has 0 saturated carbocycles. The molecular formula is C12H16N4O2. The van der Waals surface area contributed by atoms with E-state index in [-0.39, 0.29) is 11.8 Å². The summed E-state index contributed by atoms with van der Waals surface area (Å²) in [7, 11) is 0. The van der Waals surface area contributed by atoms with Crippen molar-refractivity contribution in [1.29, 1.82) is 0 Å². The molecule has 1 N–H and O–H groups in total. The maximum Gasteiger partial charge on any atom is 0.270 e. The molecule has 0 aliphatic carbocycles. The Hall–Kier alpha value is -1.87. The van der Waals surface area contributed by atoms with Gasteiger partial charge in [0.15, 0.2) is 0 Å². The Morgan fingerprint density at radius 2 is 2.06 bits per heavy atom. The van der Waals surface area contributed by atoms with Crippen molar-refractivity contribution in [3.63, 3.8) is 0 Å². The lowest BCUT2D eigenvalue weighted by molar-refractivity contribution is -0.126. The molecule has 2 aliphatic heterocycles. The number of rotatable bonds is 2. The van der Waals surface area contributed by atoms with E-state index >= 15 is 0 Å². The topological polar surface area (TPSA) is 65.0 Å². The molecule has 1 saturated heterocycles. The molecule has 0 bridgehead atoms. The maximum atomic E-state index is 12.1. The number of terminal acetylenes is 1. The van der Waals surface area contributed by atoms with Crippen molar-refractivity contribution in [3.05, 3.63) is 0 Å². The summed E-state index contributed by atoms with van der Waals surface area (Å²) in [4.78, 5) is 27.0. The number of nitrogens with one attached hydrogen (secondary N) is 1. The van der Waals surface area contributed by atoms with E-state index in [1.54, 1.807) is 4.90 Å². The van der Waals surface area contributed by atoms with E-state index in [9.17, 15) is 9.59 Å². The van der Waals surface area contributed by atoms with Gasteiger partial charge >= 0.3 is 0 Å². The normalized spacial score (nSPS) is 20.9. The van der Waals surface area contributed by atoms with Gasteiger partial charge in [-0.25, -0.2) is 5.43 Å². The molecule has 96 valence electrons. The van der Waals surface area contributed by atoms with Gasteiger partial charge in [-0.05, 0) is 0 Å². The Balaban J connectivity index is 1.88. The van der Waals surface area contributed by atoms with Crippen LogP contribution in [0.25, 0.3) is 0 Å². The van der Waals surface area contributed by atoms with Gasteiger partial charge < -0.3 is 4.90 Å². The van der Waals surface area contributed by atoms with E-state index in [2.05, 4.69) is 21.3 Å². The van der Waals surface area contributed by atoms with Crippen LogP contribution in [-0.4, -0.2) is 60.0 Å². The Morgan fingerprint density at radius 3 is 2.61 bits per heavy atom. The summed E-state index contributed by atoms with van der Waals surface area (Å²) < 4.78 is 0. The minimum atomic E-state index is -0.134. The van der Waals surface area contributed by atoms with Crippen molar-refractivity contribution in [2.24, 2.45) is 5.10 Å². The highest BCUT2D eigenvalue weighted by Gasteiger charge is 2.26. The van der Waals surface area contributed by atoms with Crippen molar-refractivity contribution in [2.75, 3.05) is 32.7 Å². The molecule has 2 amide bonds. The Morgan fingerprint density at radius 1 is 1.33 bits per heavy atom. The average molecular weight is 248 g/mol. The number of amides is 2. The highest BCUT2D eigenvalue weighted by atomic mass is 16.2. The van der Waals surface area contributed by atoms with Gasteiger partial charge in [0.1, 0.15) is 5.71 Å². The van der Waals surface area contributed by atoms with Gasteiger partial charge in [-0.3, -0.25) is 14.5 Å². The molecule has 0 radical (unpaired) electrons. The van der Waals surface area contributed by atoms with Crippen LogP contribution in [0.4, 0.5) is 0 Å². The largest absolute Gasteiger partial charge is 0.335 e. The number of hydrazone groups is 1. The van der Waals surface area contributed by atoms with Gasteiger partial charge in [0.25, 0.3) is 5.91 Å². The van der Waals surface area contributed by atoms with Crippen LogP contribution < -0.4 is 5.43 Å². The molecule has 0 aromatic heterocycles. The maximum absolute atomic E-state index is 12.1. The first-order valence-electron chi connectivity index (χ1n) is 6.01. The first-order chi connectivity index (χ1) is 8.70. The lowest BCUT2D eigenvalue weighted by Crippen LogP contribution is -2.51. The van der Waals surface area contributed by atoms with Crippen LogP contribution in [0.3, 0.4) is 0 Å². The number of hydrogen-bond donors (Lipinski definition) is 1. The van der Waals surface area contributed by atoms with Gasteiger partial charge in [-0.1, -0.05) is 5.92 Å². The standard InChI is InChI=1S/C12H16N4O2/c1-2-5-15-6-8-16(9-7-15)12(18)10-3-4-11(17)14-13-10/h1H,3-9H2,(H,14,17). The van der Waals surface area contributed by atoms with Crippen LogP contribution in [0, 0.1) is 12.3 Å². The predicted molar refractivity (Wildman–Crippen MR) is 66.7 cm³/mol. The Kier molecular flexibility index (Phi) is 3.95. The van der Waals surface area contributed by atoms with Gasteiger partial charge in [0.05, 0.1) is 6.54 Å². The van der Waals surface area contributed by atoms with Crippen molar-refractivity contribution >= 4 is 17.5 Å². The fourth-order valence-corrected chi connectivity index (χ4v) is 2.05. The summed E-state index contributed by atoms with van der Waals surface area (Å²) in [6, 6.07) is 0. The van der Waals surface area contributed by atoms with Gasteiger partial charge in [-0.2, -0.15) is 5.10 Å².